The molecule has 2 aromatic rings. The Morgan fingerprint density at radius 3 is 2.48 bits per heavy atom. The van der Waals surface area contributed by atoms with Crippen molar-refractivity contribution in [3.05, 3.63) is 52.8 Å². The van der Waals surface area contributed by atoms with Crippen LogP contribution in [0.4, 0.5) is 0 Å². The van der Waals surface area contributed by atoms with Gasteiger partial charge in [-0.15, -0.1) is 0 Å². The summed E-state index contributed by atoms with van der Waals surface area (Å²) in [5.74, 6) is 0. The lowest BCUT2D eigenvalue weighted by Gasteiger charge is -2.09. The predicted octanol–water partition coefficient (Wildman–Crippen LogP) is 2.83. The highest BCUT2D eigenvalue weighted by Crippen LogP contribution is 2.20. The molecule has 2 N–H and O–H groups in total. The van der Waals surface area contributed by atoms with Gasteiger partial charge < -0.3 is 9.88 Å². The van der Waals surface area contributed by atoms with E-state index in [1.165, 1.54) is 11.3 Å². The maximum Gasteiger partial charge on any atom is 0.186 e. The van der Waals surface area contributed by atoms with Crippen molar-refractivity contribution >= 4 is 23.5 Å². The van der Waals surface area contributed by atoms with Gasteiger partial charge in [0, 0.05) is 29.7 Å². The SMILES string of the molecule is CNC(=S)NN=Cc1cc(C)n(-c2ccc(C)cc2)c1C. The van der Waals surface area contributed by atoms with Gasteiger partial charge in [0.05, 0.1) is 6.21 Å². The number of hydrogen-bond donors (Lipinski definition) is 2. The summed E-state index contributed by atoms with van der Waals surface area (Å²) < 4.78 is 2.22. The third-order valence-electron chi connectivity index (χ3n) is 3.36. The molecule has 0 fully saturated rings. The first-order chi connectivity index (χ1) is 10.0. The first-order valence-electron chi connectivity index (χ1n) is 6.79. The number of benzene rings is 1. The predicted molar refractivity (Wildman–Crippen MR) is 92.4 cm³/mol. The molecular weight excluding hydrogens is 280 g/mol. The maximum atomic E-state index is 4.98. The van der Waals surface area contributed by atoms with Crippen LogP contribution in [-0.2, 0) is 0 Å². The second-order valence-corrected chi connectivity index (χ2v) is 5.35. The number of thiocarbonyl (C=S) groups is 1. The fourth-order valence-corrected chi connectivity index (χ4v) is 2.28. The molecule has 1 heterocycles. The van der Waals surface area contributed by atoms with Crippen LogP contribution in [0, 0.1) is 20.8 Å². The van der Waals surface area contributed by atoms with Crippen molar-refractivity contribution in [3.8, 4) is 5.69 Å². The number of hydrogen-bond acceptors (Lipinski definition) is 2. The van der Waals surface area contributed by atoms with Crippen molar-refractivity contribution < 1.29 is 0 Å². The van der Waals surface area contributed by atoms with Crippen LogP contribution in [0.1, 0.15) is 22.5 Å². The molecule has 0 aliphatic carbocycles. The minimum Gasteiger partial charge on any atom is -0.364 e. The molecule has 0 saturated heterocycles. The van der Waals surface area contributed by atoms with Crippen LogP contribution in [-0.4, -0.2) is 22.9 Å². The Balaban J connectivity index is 2.29. The summed E-state index contributed by atoms with van der Waals surface area (Å²) in [4.78, 5) is 0. The molecule has 0 bridgehead atoms. The lowest BCUT2D eigenvalue weighted by Crippen LogP contribution is -2.28. The number of aromatic nitrogens is 1. The molecule has 0 aliphatic rings. The molecule has 0 unspecified atom stereocenters. The van der Waals surface area contributed by atoms with E-state index >= 15 is 0 Å². The average Bonchev–Trinajstić information content (AvgIpc) is 2.75. The number of nitrogens with one attached hydrogen (secondary N) is 2. The van der Waals surface area contributed by atoms with Crippen molar-refractivity contribution in [3.63, 3.8) is 0 Å². The zero-order valence-electron chi connectivity index (χ0n) is 12.8. The maximum absolute atomic E-state index is 4.98. The summed E-state index contributed by atoms with van der Waals surface area (Å²) in [5, 5.41) is 7.46. The Labute approximate surface area is 130 Å². The van der Waals surface area contributed by atoms with Gasteiger partial charge in [0.1, 0.15) is 0 Å². The molecule has 21 heavy (non-hydrogen) atoms. The summed E-state index contributed by atoms with van der Waals surface area (Å²) >= 11 is 4.98. The fraction of sp³-hybridized carbons (Fsp3) is 0.250. The lowest BCUT2D eigenvalue weighted by atomic mass is 10.2. The second-order valence-electron chi connectivity index (χ2n) is 4.95. The zero-order chi connectivity index (χ0) is 15.4. The van der Waals surface area contributed by atoms with Gasteiger partial charge in [-0.05, 0) is 51.2 Å². The molecule has 5 heteroatoms. The topological polar surface area (TPSA) is 41.4 Å². The van der Waals surface area contributed by atoms with E-state index in [9.17, 15) is 0 Å². The number of hydrazone groups is 1. The van der Waals surface area contributed by atoms with Crippen molar-refractivity contribution in [2.75, 3.05) is 7.05 Å². The summed E-state index contributed by atoms with van der Waals surface area (Å²) in [5.41, 5.74) is 8.58. The molecule has 0 atom stereocenters. The van der Waals surface area contributed by atoms with Crippen LogP contribution in [0.25, 0.3) is 5.69 Å². The fourth-order valence-electron chi connectivity index (χ4n) is 2.23. The van der Waals surface area contributed by atoms with Crippen LogP contribution in [0.15, 0.2) is 35.4 Å². The molecule has 110 valence electrons. The third-order valence-corrected chi connectivity index (χ3v) is 3.65. The van der Waals surface area contributed by atoms with E-state index < -0.39 is 0 Å². The van der Waals surface area contributed by atoms with Crippen LogP contribution < -0.4 is 10.7 Å². The largest absolute Gasteiger partial charge is 0.364 e. The summed E-state index contributed by atoms with van der Waals surface area (Å²) in [6.07, 6.45) is 1.79. The van der Waals surface area contributed by atoms with Gasteiger partial charge in [-0.1, -0.05) is 17.7 Å². The van der Waals surface area contributed by atoms with E-state index in [1.807, 2.05) is 0 Å². The third kappa shape index (κ3) is 3.49. The monoisotopic (exact) mass is 300 g/mol. The molecular formula is C16H20N4S. The normalized spacial score (nSPS) is 10.9. The summed E-state index contributed by atoms with van der Waals surface area (Å²) in [6.45, 7) is 6.27. The Bertz CT molecular complexity index is 668. The first kappa shape index (κ1) is 15.3. The Morgan fingerprint density at radius 1 is 1.19 bits per heavy atom. The van der Waals surface area contributed by atoms with Gasteiger partial charge in [0.2, 0.25) is 0 Å². The Morgan fingerprint density at radius 2 is 1.86 bits per heavy atom. The van der Waals surface area contributed by atoms with Gasteiger partial charge in [-0.25, -0.2) is 0 Å². The van der Waals surface area contributed by atoms with E-state index in [2.05, 4.69) is 71.5 Å². The molecule has 0 radical (unpaired) electrons. The van der Waals surface area contributed by atoms with Crippen molar-refractivity contribution in [2.24, 2.45) is 5.10 Å². The molecule has 2 rings (SSSR count). The number of aryl methyl sites for hydroxylation is 2. The van der Waals surface area contributed by atoms with E-state index in [0.717, 1.165) is 16.9 Å². The van der Waals surface area contributed by atoms with Crippen LogP contribution in [0.3, 0.4) is 0 Å². The van der Waals surface area contributed by atoms with Crippen molar-refractivity contribution in [1.82, 2.24) is 15.3 Å². The van der Waals surface area contributed by atoms with Crippen LogP contribution in [0.5, 0.6) is 0 Å². The molecule has 0 spiro atoms. The van der Waals surface area contributed by atoms with Crippen molar-refractivity contribution in [2.45, 2.75) is 20.8 Å². The second kappa shape index (κ2) is 6.54. The molecule has 1 aromatic heterocycles. The Hall–Kier alpha value is -2.14. The van der Waals surface area contributed by atoms with Gasteiger partial charge in [0.15, 0.2) is 5.11 Å². The highest BCUT2D eigenvalue weighted by atomic mass is 32.1. The highest BCUT2D eigenvalue weighted by molar-refractivity contribution is 7.80. The molecule has 1 aromatic carbocycles. The van der Waals surface area contributed by atoms with Gasteiger partial charge in [0.25, 0.3) is 0 Å². The van der Waals surface area contributed by atoms with E-state index in [1.54, 1.807) is 13.3 Å². The first-order valence-corrected chi connectivity index (χ1v) is 7.20. The average molecular weight is 300 g/mol. The number of nitrogens with zero attached hydrogens (tertiary/aromatic N) is 2. The quantitative estimate of drug-likeness (QED) is 0.520. The van der Waals surface area contributed by atoms with Gasteiger partial charge >= 0.3 is 0 Å². The van der Waals surface area contributed by atoms with Gasteiger partial charge in [-0.2, -0.15) is 5.10 Å². The minimum atomic E-state index is 0.499. The lowest BCUT2D eigenvalue weighted by molar-refractivity contribution is 0.961. The smallest absolute Gasteiger partial charge is 0.186 e. The van der Waals surface area contributed by atoms with E-state index in [-0.39, 0.29) is 0 Å². The molecule has 0 aliphatic heterocycles. The molecule has 0 amide bonds. The summed E-state index contributed by atoms with van der Waals surface area (Å²) in [6, 6.07) is 10.6. The molecule has 4 nitrogen and oxygen atoms in total. The van der Waals surface area contributed by atoms with Crippen molar-refractivity contribution in [1.29, 1.82) is 0 Å². The molecule has 0 saturated carbocycles. The van der Waals surface area contributed by atoms with E-state index in [0.29, 0.717) is 5.11 Å². The minimum absolute atomic E-state index is 0.499. The Kier molecular flexibility index (Phi) is 4.75. The highest BCUT2D eigenvalue weighted by Gasteiger charge is 2.09. The standard InChI is InChI=1S/C16H20N4S/c1-11-5-7-15(8-6-11)20-12(2)9-14(13(20)3)10-18-19-16(21)17-4/h5-10H,1-4H3,(H2,17,19,21). The van der Waals surface area contributed by atoms with Gasteiger partial charge in [-0.3, -0.25) is 5.43 Å². The van der Waals surface area contributed by atoms with Crippen LogP contribution >= 0.6 is 12.2 Å². The van der Waals surface area contributed by atoms with Crippen LogP contribution in [0.2, 0.25) is 0 Å². The van der Waals surface area contributed by atoms with E-state index in [4.69, 9.17) is 12.2 Å². The summed E-state index contributed by atoms with van der Waals surface area (Å²) in [7, 11) is 1.76. The number of rotatable bonds is 3. The zero-order valence-corrected chi connectivity index (χ0v) is 13.6.